The van der Waals surface area contributed by atoms with Gasteiger partial charge in [0.25, 0.3) is 0 Å². The molecule has 4 heteroatoms. The highest BCUT2D eigenvalue weighted by atomic mass is 16.3. The smallest absolute Gasteiger partial charge is 0.220 e. The number of rotatable bonds is 54. The van der Waals surface area contributed by atoms with Gasteiger partial charge in [-0.3, -0.25) is 4.79 Å². The molecule has 2 unspecified atom stereocenters. The van der Waals surface area contributed by atoms with Crippen LogP contribution in [-0.4, -0.2) is 34.9 Å². The van der Waals surface area contributed by atoms with E-state index in [2.05, 4.69) is 31.3 Å². The van der Waals surface area contributed by atoms with Gasteiger partial charge in [0.15, 0.2) is 0 Å². The fourth-order valence-corrected chi connectivity index (χ4v) is 9.36. The molecule has 0 aliphatic rings. The Bertz CT molecular complexity index is 860. The second kappa shape index (κ2) is 54.5. The minimum atomic E-state index is -0.659. The summed E-state index contributed by atoms with van der Waals surface area (Å²) in [5.41, 5.74) is 0. The largest absolute Gasteiger partial charge is 0.394 e. The third-order valence-electron chi connectivity index (χ3n) is 13.8. The van der Waals surface area contributed by atoms with Crippen LogP contribution in [0.15, 0.2) is 12.2 Å². The van der Waals surface area contributed by atoms with E-state index in [1.54, 1.807) is 0 Å². The number of hydrogen-bond acceptors (Lipinski definition) is 3. The molecular formula is C58H115NO3. The van der Waals surface area contributed by atoms with Gasteiger partial charge in [-0.1, -0.05) is 302 Å². The summed E-state index contributed by atoms with van der Waals surface area (Å²) in [4.78, 5) is 12.5. The third kappa shape index (κ3) is 50.1. The van der Waals surface area contributed by atoms with Gasteiger partial charge < -0.3 is 15.5 Å². The topological polar surface area (TPSA) is 69.6 Å². The number of nitrogens with one attached hydrogen (secondary N) is 1. The molecule has 370 valence electrons. The van der Waals surface area contributed by atoms with E-state index in [1.807, 2.05) is 0 Å². The molecule has 0 fully saturated rings. The summed E-state index contributed by atoms with van der Waals surface area (Å²) in [6.07, 6.45) is 70.7. The van der Waals surface area contributed by atoms with Gasteiger partial charge in [0.1, 0.15) is 0 Å². The molecule has 4 nitrogen and oxygen atoms in total. The average molecular weight is 875 g/mol. The van der Waals surface area contributed by atoms with Gasteiger partial charge in [-0.15, -0.1) is 0 Å². The fourth-order valence-electron chi connectivity index (χ4n) is 9.36. The molecule has 0 rings (SSSR count). The van der Waals surface area contributed by atoms with E-state index in [0.29, 0.717) is 12.8 Å². The predicted octanol–water partition coefficient (Wildman–Crippen LogP) is 18.9. The van der Waals surface area contributed by atoms with Crippen LogP contribution in [0, 0.1) is 0 Å². The molecule has 62 heavy (non-hydrogen) atoms. The van der Waals surface area contributed by atoms with Crippen LogP contribution < -0.4 is 5.32 Å². The third-order valence-corrected chi connectivity index (χ3v) is 13.8. The first-order valence-electron chi connectivity index (χ1n) is 28.9. The molecule has 0 bridgehead atoms. The zero-order valence-corrected chi connectivity index (χ0v) is 42.7. The Labute approximate surface area is 390 Å². The molecule has 0 heterocycles. The summed E-state index contributed by atoms with van der Waals surface area (Å²) in [6.45, 7) is 4.39. The lowest BCUT2D eigenvalue weighted by molar-refractivity contribution is -0.123. The van der Waals surface area contributed by atoms with Crippen molar-refractivity contribution in [3.05, 3.63) is 12.2 Å². The number of carbonyl (C=O) groups excluding carboxylic acids is 1. The lowest BCUT2D eigenvalue weighted by atomic mass is 10.0. The first-order valence-corrected chi connectivity index (χ1v) is 28.9. The molecule has 0 aromatic carbocycles. The predicted molar refractivity (Wildman–Crippen MR) is 276 cm³/mol. The quantitative estimate of drug-likeness (QED) is 0.0421. The van der Waals surface area contributed by atoms with Gasteiger partial charge in [-0.2, -0.15) is 0 Å². The van der Waals surface area contributed by atoms with E-state index in [4.69, 9.17) is 0 Å². The Hall–Kier alpha value is -0.870. The molecule has 0 aliphatic heterocycles. The van der Waals surface area contributed by atoms with Crippen LogP contribution in [0.5, 0.6) is 0 Å². The molecule has 0 aromatic rings. The van der Waals surface area contributed by atoms with Crippen LogP contribution in [0.25, 0.3) is 0 Å². The Morgan fingerprint density at radius 3 is 0.887 bits per heavy atom. The van der Waals surface area contributed by atoms with Crippen molar-refractivity contribution in [1.82, 2.24) is 5.32 Å². The van der Waals surface area contributed by atoms with Crippen LogP contribution in [0.3, 0.4) is 0 Å². The van der Waals surface area contributed by atoms with Crippen molar-refractivity contribution in [3.8, 4) is 0 Å². The van der Waals surface area contributed by atoms with Crippen molar-refractivity contribution in [3.63, 3.8) is 0 Å². The zero-order chi connectivity index (χ0) is 44.9. The maximum absolute atomic E-state index is 12.5. The minimum absolute atomic E-state index is 0.0278. The minimum Gasteiger partial charge on any atom is -0.394 e. The van der Waals surface area contributed by atoms with Gasteiger partial charge >= 0.3 is 0 Å². The second-order valence-corrected chi connectivity index (χ2v) is 20.1. The summed E-state index contributed by atoms with van der Waals surface area (Å²) < 4.78 is 0. The molecule has 0 saturated carbocycles. The standard InChI is InChI=1S/C58H115NO3/c1-3-5-7-9-11-13-15-17-19-21-23-24-25-26-27-28-29-30-31-32-33-34-36-37-39-41-43-45-47-49-51-53-57(61)56(55-60)59-58(62)54-52-50-48-46-44-42-40-38-35-22-20-18-16-14-12-10-8-6-4-2/h18,20,56-57,60-61H,3-17,19,21-55H2,1-2H3,(H,59,62)/b20-18-. The normalized spacial score (nSPS) is 12.8. The van der Waals surface area contributed by atoms with E-state index < -0.39 is 12.1 Å². The van der Waals surface area contributed by atoms with Crippen LogP contribution in [0.1, 0.15) is 335 Å². The highest BCUT2D eigenvalue weighted by Gasteiger charge is 2.20. The molecule has 0 aliphatic carbocycles. The number of amides is 1. The molecule has 3 N–H and O–H groups in total. The Morgan fingerprint density at radius 1 is 0.371 bits per heavy atom. The Morgan fingerprint density at radius 2 is 0.613 bits per heavy atom. The van der Waals surface area contributed by atoms with Crippen LogP contribution in [0.2, 0.25) is 0 Å². The molecule has 2 atom stereocenters. The fraction of sp³-hybridized carbons (Fsp3) is 0.948. The van der Waals surface area contributed by atoms with Gasteiger partial charge in [-0.25, -0.2) is 0 Å². The summed E-state index contributed by atoms with van der Waals surface area (Å²) in [5.74, 6) is -0.0278. The second-order valence-electron chi connectivity index (χ2n) is 20.1. The van der Waals surface area contributed by atoms with E-state index >= 15 is 0 Å². The zero-order valence-electron chi connectivity index (χ0n) is 42.7. The number of aliphatic hydroxyl groups excluding tert-OH is 2. The van der Waals surface area contributed by atoms with E-state index in [0.717, 1.165) is 25.7 Å². The van der Waals surface area contributed by atoms with Crippen molar-refractivity contribution >= 4 is 5.91 Å². The SMILES string of the molecule is CCCCCCCC/C=C\CCCCCCCCCCCC(=O)NC(CO)C(O)CCCCCCCCCCCCCCCCCCCCCCCCCCCCCCCCC. The number of hydrogen-bond donors (Lipinski definition) is 3. The number of allylic oxidation sites excluding steroid dienone is 2. The number of carbonyl (C=O) groups is 1. The molecule has 1 amide bonds. The number of unbranched alkanes of at least 4 members (excludes halogenated alkanes) is 45. The monoisotopic (exact) mass is 874 g/mol. The van der Waals surface area contributed by atoms with Gasteiger partial charge in [0.2, 0.25) is 5.91 Å². The first kappa shape index (κ1) is 61.1. The van der Waals surface area contributed by atoms with Crippen molar-refractivity contribution in [2.75, 3.05) is 6.61 Å². The lowest BCUT2D eigenvalue weighted by Crippen LogP contribution is -2.45. The highest BCUT2D eigenvalue weighted by Crippen LogP contribution is 2.18. The molecule has 0 radical (unpaired) electrons. The van der Waals surface area contributed by atoms with E-state index in [-0.39, 0.29) is 12.5 Å². The summed E-state index contributed by atoms with van der Waals surface area (Å²) in [6, 6.07) is -0.535. The van der Waals surface area contributed by atoms with Crippen molar-refractivity contribution in [2.24, 2.45) is 0 Å². The van der Waals surface area contributed by atoms with Crippen molar-refractivity contribution in [2.45, 2.75) is 347 Å². The Kier molecular flexibility index (Phi) is 53.7. The number of aliphatic hydroxyl groups is 2. The maximum Gasteiger partial charge on any atom is 0.220 e. The first-order chi connectivity index (χ1) is 30.7. The van der Waals surface area contributed by atoms with Crippen LogP contribution in [0.4, 0.5) is 0 Å². The van der Waals surface area contributed by atoms with E-state index in [1.165, 1.54) is 283 Å². The van der Waals surface area contributed by atoms with Crippen LogP contribution in [-0.2, 0) is 4.79 Å². The lowest BCUT2D eigenvalue weighted by Gasteiger charge is -2.22. The van der Waals surface area contributed by atoms with Gasteiger partial charge in [0, 0.05) is 6.42 Å². The van der Waals surface area contributed by atoms with Crippen LogP contribution >= 0.6 is 0 Å². The molecule has 0 saturated heterocycles. The summed E-state index contributed by atoms with van der Waals surface area (Å²) in [5, 5.41) is 23.3. The van der Waals surface area contributed by atoms with Crippen molar-refractivity contribution in [1.29, 1.82) is 0 Å². The van der Waals surface area contributed by atoms with E-state index in [9.17, 15) is 15.0 Å². The maximum atomic E-state index is 12.5. The average Bonchev–Trinajstić information content (AvgIpc) is 3.28. The van der Waals surface area contributed by atoms with Crippen molar-refractivity contribution < 1.29 is 15.0 Å². The summed E-state index contributed by atoms with van der Waals surface area (Å²) >= 11 is 0. The molecule has 0 spiro atoms. The van der Waals surface area contributed by atoms with Gasteiger partial charge in [-0.05, 0) is 38.5 Å². The Balaban J connectivity index is 3.39. The summed E-state index contributed by atoms with van der Waals surface area (Å²) in [7, 11) is 0. The molecular weight excluding hydrogens is 759 g/mol. The molecule has 0 aromatic heterocycles. The highest BCUT2D eigenvalue weighted by molar-refractivity contribution is 5.76. The van der Waals surface area contributed by atoms with Gasteiger partial charge in [0.05, 0.1) is 18.8 Å².